The van der Waals surface area contributed by atoms with Gasteiger partial charge in [-0.05, 0) is 52.5 Å². The van der Waals surface area contributed by atoms with E-state index in [0.29, 0.717) is 0 Å². The maximum Gasteiger partial charge on any atom is 0.133 e. The SMILES string of the molecule is CCCCOc1cc(C)c(CO)cc1Br. The molecule has 0 aromatic heterocycles. The van der Waals surface area contributed by atoms with Crippen LogP contribution in [0.15, 0.2) is 16.6 Å². The Bertz CT molecular complexity index is 324. The van der Waals surface area contributed by atoms with Gasteiger partial charge in [0.05, 0.1) is 17.7 Å². The average molecular weight is 273 g/mol. The lowest BCUT2D eigenvalue weighted by molar-refractivity contribution is 0.280. The summed E-state index contributed by atoms with van der Waals surface area (Å²) in [5.41, 5.74) is 2.00. The Hall–Kier alpha value is -0.540. The van der Waals surface area contributed by atoms with Gasteiger partial charge in [-0.25, -0.2) is 0 Å². The summed E-state index contributed by atoms with van der Waals surface area (Å²) in [7, 11) is 0. The molecule has 0 heterocycles. The van der Waals surface area contributed by atoms with Crippen LogP contribution in [0.25, 0.3) is 0 Å². The predicted octanol–water partition coefficient (Wildman–Crippen LogP) is 3.43. The quantitative estimate of drug-likeness (QED) is 0.833. The summed E-state index contributed by atoms with van der Waals surface area (Å²) in [6.07, 6.45) is 2.19. The average Bonchev–Trinajstić information content (AvgIpc) is 2.23. The van der Waals surface area contributed by atoms with Crippen LogP contribution in [-0.2, 0) is 6.61 Å². The normalized spacial score (nSPS) is 10.4. The lowest BCUT2D eigenvalue weighted by Gasteiger charge is -2.11. The minimum atomic E-state index is 0.0691. The van der Waals surface area contributed by atoms with Crippen LogP contribution in [0.2, 0.25) is 0 Å². The number of aliphatic hydroxyl groups is 1. The van der Waals surface area contributed by atoms with Crippen LogP contribution >= 0.6 is 15.9 Å². The van der Waals surface area contributed by atoms with E-state index in [1.807, 2.05) is 19.1 Å². The number of benzene rings is 1. The molecular weight excluding hydrogens is 256 g/mol. The fourth-order valence-electron chi connectivity index (χ4n) is 1.30. The van der Waals surface area contributed by atoms with Gasteiger partial charge in [0, 0.05) is 0 Å². The Morgan fingerprint density at radius 2 is 2.13 bits per heavy atom. The highest BCUT2D eigenvalue weighted by atomic mass is 79.9. The zero-order valence-electron chi connectivity index (χ0n) is 9.22. The zero-order valence-corrected chi connectivity index (χ0v) is 10.8. The van der Waals surface area contributed by atoms with Crippen LogP contribution in [0, 0.1) is 6.92 Å². The van der Waals surface area contributed by atoms with Gasteiger partial charge in [0.25, 0.3) is 0 Å². The van der Waals surface area contributed by atoms with Crippen molar-refractivity contribution >= 4 is 15.9 Å². The first-order chi connectivity index (χ1) is 7.19. The lowest BCUT2D eigenvalue weighted by atomic mass is 10.1. The van der Waals surface area contributed by atoms with Gasteiger partial charge >= 0.3 is 0 Å². The number of hydrogen-bond acceptors (Lipinski definition) is 2. The second-order valence-electron chi connectivity index (χ2n) is 3.57. The summed E-state index contributed by atoms with van der Waals surface area (Å²) in [5.74, 6) is 0.859. The van der Waals surface area contributed by atoms with E-state index in [9.17, 15) is 0 Å². The second-order valence-corrected chi connectivity index (χ2v) is 4.42. The highest BCUT2D eigenvalue weighted by molar-refractivity contribution is 9.10. The van der Waals surface area contributed by atoms with Crippen molar-refractivity contribution in [2.75, 3.05) is 6.61 Å². The van der Waals surface area contributed by atoms with Crippen LogP contribution in [-0.4, -0.2) is 11.7 Å². The molecule has 0 amide bonds. The third kappa shape index (κ3) is 3.50. The molecular formula is C12H17BrO2. The molecule has 0 saturated heterocycles. The van der Waals surface area contributed by atoms with Crippen LogP contribution < -0.4 is 4.74 Å². The van der Waals surface area contributed by atoms with Crippen LogP contribution in [0.3, 0.4) is 0 Å². The molecule has 2 nitrogen and oxygen atoms in total. The van der Waals surface area contributed by atoms with Gasteiger partial charge in [0.15, 0.2) is 0 Å². The molecule has 0 aliphatic heterocycles. The third-order valence-corrected chi connectivity index (χ3v) is 2.94. The Morgan fingerprint density at radius 3 is 2.73 bits per heavy atom. The minimum Gasteiger partial charge on any atom is -0.492 e. The van der Waals surface area contributed by atoms with Gasteiger partial charge < -0.3 is 9.84 Å². The topological polar surface area (TPSA) is 29.5 Å². The van der Waals surface area contributed by atoms with Gasteiger partial charge in [-0.3, -0.25) is 0 Å². The number of halogens is 1. The molecule has 1 aromatic carbocycles. The molecule has 0 unspecified atom stereocenters. The Labute approximate surface area is 99.4 Å². The maximum atomic E-state index is 9.09. The van der Waals surface area contributed by atoms with Crippen LogP contribution in [0.4, 0.5) is 0 Å². The molecule has 0 atom stereocenters. The molecule has 1 N–H and O–H groups in total. The number of aliphatic hydroxyl groups excluding tert-OH is 1. The highest BCUT2D eigenvalue weighted by Gasteiger charge is 2.05. The van der Waals surface area contributed by atoms with Crippen LogP contribution in [0.1, 0.15) is 30.9 Å². The van der Waals surface area contributed by atoms with Gasteiger partial charge in [0.1, 0.15) is 5.75 Å². The smallest absolute Gasteiger partial charge is 0.133 e. The van der Waals surface area contributed by atoms with Crippen molar-refractivity contribution in [1.82, 2.24) is 0 Å². The first-order valence-corrected chi connectivity index (χ1v) is 6.01. The third-order valence-electron chi connectivity index (χ3n) is 2.32. The van der Waals surface area contributed by atoms with Gasteiger partial charge in [-0.1, -0.05) is 13.3 Å². The summed E-state index contributed by atoms with van der Waals surface area (Å²) in [5, 5.41) is 9.09. The Balaban J connectivity index is 2.76. The largest absolute Gasteiger partial charge is 0.492 e. The van der Waals surface area contributed by atoms with Crippen molar-refractivity contribution in [3.8, 4) is 5.75 Å². The summed E-state index contributed by atoms with van der Waals surface area (Å²) >= 11 is 3.44. The summed E-state index contributed by atoms with van der Waals surface area (Å²) in [4.78, 5) is 0. The van der Waals surface area contributed by atoms with Crippen molar-refractivity contribution in [2.24, 2.45) is 0 Å². The molecule has 0 aliphatic rings. The van der Waals surface area contributed by atoms with Crippen molar-refractivity contribution < 1.29 is 9.84 Å². The Morgan fingerprint density at radius 1 is 1.40 bits per heavy atom. The number of aryl methyl sites for hydroxylation is 1. The highest BCUT2D eigenvalue weighted by Crippen LogP contribution is 2.28. The number of rotatable bonds is 5. The molecule has 0 aliphatic carbocycles. The van der Waals surface area contributed by atoms with Gasteiger partial charge in [0.2, 0.25) is 0 Å². The van der Waals surface area contributed by atoms with E-state index in [0.717, 1.165) is 40.8 Å². The minimum absolute atomic E-state index is 0.0691. The van der Waals surface area contributed by atoms with E-state index in [-0.39, 0.29) is 6.61 Å². The van der Waals surface area contributed by atoms with E-state index < -0.39 is 0 Å². The summed E-state index contributed by atoms with van der Waals surface area (Å²) < 4.78 is 6.54. The molecule has 0 bridgehead atoms. The first kappa shape index (κ1) is 12.5. The van der Waals surface area contributed by atoms with Crippen molar-refractivity contribution in [3.63, 3.8) is 0 Å². The fraction of sp³-hybridized carbons (Fsp3) is 0.500. The van der Waals surface area contributed by atoms with E-state index >= 15 is 0 Å². The number of hydrogen-bond donors (Lipinski definition) is 1. The zero-order chi connectivity index (χ0) is 11.3. The van der Waals surface area contributed by atoms with Gasteiger partial charge in [-0.2, -0.15) is 0 Å². The van der Waals surface area contributed by atoms with Crippen molar-refractivity contribution in [1.29, 1.82) is 0 Å². The van der Waals surface area contributed by atoms with E-state index in [1.54, 1.807) is 0 Å². The lowest BCUT2D eigenvalue weighted by Crippen LogP contribution is -1.99. The van der Waals surface area contributed by atoms with Crippen molar-refractivity contribution in [3.05, 3.63) is 27.7 Å². The van der Waals surface area contributed by atoms with E-state index in [2.05, 4.69) is 22.9 Å². The molecule has 0 saturated carbocycles. The summed E-state index contributed by atoms with van der Waals surface area (Å²) in [6.45, 7) is 4.93. The molecule has 1 aromatic rings. The molecule has 1 rings (SSSR count). The molecule has 0 spiro atoms. The molecule has 3 heteroatoms. The molecule has 0 radical (unpaired) electrons. The van der Waals surface area contributed by atoms with E-state index in [4.69, 9.17) is 9.84 Å². The number of ether oxygens (including phenoxy) is 1. The molecule has 15 heavy (non-hydrogen) atoms. The van der Waals surface area contributed by atoms with Gasteiger partial charge in [-0.15, -0.1) is 0 Å². The number of unbranched alkanes of at least 4 members (excludes halogenated alkanes) is 1. The van der Waals surface area contributed by atoms with E-state index in [1.165, 1.54) is 0 Å². The molecule has 0 fully saturated rings. The summed E-state index contributed by atoms with van der Waals surface area (Å²) in [6, 6.07) is 3.88. The second kappa shape index (κ2) is 6.13. The fourth-order valence-corrected chi connectivity index (χ4v) is 1.81. The molecule has 84 valence electrons. The monoisotopic (exact) mass is 272 g/mol. The van der Waals surface area contributed by atoms with Crippen molar-refractivity contribution in [2.45, 2.75) is 33.3 Å². The standard InChI is InChI=1S/C12H17BrO2/c1-3-4-5-15-12-6-9(2)10(8-14)7-11(12)13/h6-7,14H,3-5,8H2,1-2H3. The first-order valence-electron chi connectivity index (χ1n) is 5.21. The van der Waals surface area contributed by atoms with Crippen LogP contribution in [0.5, 0.6) is 5.75 Å². The Kier molecular flexibility index (Phi) is 5.12. The maximum absolute atomic E-state index is 9.09. The predicted molar refractivity (Wildman–Crippen MR) is 65.2 cm³/mol.